The molecular weight excluding hydrogens is 299 g/mol. The molecule has 0 bridgehead atoms. The molecule has 3 rings (SSSR count). The summed E-state index contributed by atoms with van der Waals surface area (Å²) in [6, 6.07) is 14.1. The molecule has 4 nitrogen and oxygen atoms in total. The van der Waals surface area contributed by atoms with Crippen molar-refractivity contribution in [2.75, 3.05) is 0 Å². The summed E-state index contributed by atoms with van der Waals surface area (Å²) < 4.78 is 15.2. The molecule has 6 heteroatoms. The number of halogens is 1. The van der Waals surface area contributed by atoms with Gasteiger partial charge >= 0.3 is 0 Å². The van der Waals surface area contributed by atoms with E-state index in [1.165, 1.54) is 22.4 Å². The van der Waals surface area contributed by atoms with Gasteiger partial charge in [-0.3, -0.25) is 0 Å². The van der Waals surface area contributed by atoms with Gasteiger partial charge in [-0.2, -0.15) is 14.9 Å². The summed E-state index contributed by atoms with van der Waals surface area (Å²) in [7, 11) is 0. The number of nitrogens with zero attached hydrogens (tertiary/aromatic N) is 3. The third-order valence-corrected chi connectivity index (χ3v) is 3.40. The molecule has 0 aliphatic heterocycles. The molecule has 0 saturated carbocycles. The van der Waals surface area contributed by atoms with Crippen LogP contribution in [0.25, 0.3) is 11.4 Å². The molecule has 110 valence electrons. The molecular formula is C16H13FN4S. The maximum atomic E-state index is 13.4. The predicted molar refractivity (Wildman–Crippen MR) is 87.0 cm³/mol. The Bertz CT molecular complexity index is 878. The fourth-order valence-corrected chi connectivity index (χ4v) is 2.17. The van der Waals surface area contributed by atoms with Crippen molar-refractivity contribution in [1.29, 1.82) is 0 Å². The number of hydrogen-bond acceptors (Lipinski definition) is 3. The molecule has 1 aromatic heterocycles. The summed E-state index contributed by atoms with van der Waals surface area (Å²) in [5.74, 6) is 0.133. The van der Waals surface area contributed by atoms with Gasteiger partial charge in [0.15, 0.2) is 5.82 Å². The molecule has 0 aliphatic carbocycles. The Morgan fingerprint density at radius 3 is 2.73 bits per heavy atom. The highest BCUT2D eigenvalue weighted by Gasteiger charge is 2.08. The van der Waals surface area contributed by atoms with Gasteiger partial charge < -0.3 is 0 Å². The van der Waals surface area contributed by atoms with Crippen molar-refractivity contribution in [3.05, 3.63) is 70.2 Å². The van der Waals surface area contributed by atoms with E-state index in [4.69, 9.17) is 12.2 Å². The van der Waals surface area contributed by atoms with Gasteiger partial charge in [0.25, 0.3) is 0 Å². The number of nitrogens with one attached hydrogen (secondary N) is 1. The minimum Gasteiger partial charge on any atom is -0.250 e. The number of aryl methyl sites for hydroxylation is 1. The molecule has 0 saturated heterocycles. The Morgan fingerprint density at radius 2 is 2.00 bits per heavy atom. The first-order valence-electron chi connectivity index (χ1n) is 6.68. The van der Waals surface area contributed by atoms with E-state index < -0.39 is 0 Å². The number of benzene rings is 2. The van der Waals surface area contributed by atoms with Gasteiger partial charge in [0.2, 0.25) is 4.77 Å². The average Bonchev–Trinajstić information content (AvgIpc) is 2.88. The Labute approximate surface area is 131 Å². The predicted octanol–water partition coefficient (Wildman–Crippen LogP) is 3.94. The molecule has 0 aliphatic rings. The average molecular weight is 312 g/mol. The molecule has 0 amide bonds. The molecule has 2 aromatic carbocycles. The molecule has 3 aromatic rings. The highest BCUT2D eigenvalue weighted by Crippen LogP contribution is 2.18. The minimum absolute atomic E-state index is 0.333. The molecule has 0 unspecified atom stereocenters. The molecule has 22 heavy (non-hydrogen) atoms. The first kappa shape index (κ1) is 14.3. The number of H-pyrrole nitrogens is 1. The van der Waals surface area contributed by atoms with E-state index in [1.807, 2.05) is 31.2 Å². The van der Waals surface area contributed by atoms with Crippen LogP contribution >= 0.6 is 12.2 Å². The first-order valence-corrected chi connectivity index (χ1v) is 7.09. The lowest BCUT2D eigenvalue weighted by Gasteiger charge is -2.01. The van der Waals surface area contributed by atoms with E-state index in [0.29, 0.717) is 16.2 Å². The minimum atomic E-state index is -0.333. The van der Waals surface area contributed by atoms with Crippen LogP contribution in [0.2, 0.25) is 0 Å². The van der Waals surface area contributed by atoms with Crippen molar-refractivity contribution in [1.82, 2.24) is 14.9 Å². The standard InChI is InChI=1S/C16H13FN4S/c1-11-5-7-12(8-6-11)10-18-21-15(19-20-16(21)22)13-3-2-4-14(17)9-13/h2-10H,1H3,(H,20,22)/b18-10-. The van der Waals surface area contributed by atoms with Crippen LogP contribution in [0, 0.1) is 17.5 Å². The fourth-order valence-electron chi connectivity index (χ4n) is 1.99. The van der Waals surface area contributed by atoms with Crippen molar-refractivity contribution in [2.45, 2.75) is 6.92 Å². The van der Waals surface area contributed by atoms with Crippen molar-refractivity contribution in [3.63, 3.8) is 0 Å². The second-order valence-corrected chi connectivity index (χ2v) is 5.22. The third-order valence-electron chi connectivity index (χ3n) is 3.13. The van der Waals surface area contributed by atoms with Gasteiger partial charge in [0, 0.05) is 5.56 Å². The van der Waals surface area contributed by atoms with E-state index >= 15 is 0 Å². The normalized spacial score (nSPS) is 11.2. The number of aromatic amines is 1. The molecule has 1 heterocycles. The Kier molecular flexibility index (Phi) is 3.93. The smallest absolute Gasteiger partial charge is 0.216 e. The quantitative estimate of drug-likeness (QED) is 0.588. The zero-order valence-corrected chi connectivity index (χ0v) is 12.6. The van der Waals surface area contributed by atoms with Crippen molar-refractivity contribution in [2.24, 2.45) is 5.10 Å². The summed E-state index contributed by atoms with van der Waals surface area (Å²) in [5.41, 5.74) is 2.73. The van der Waals surface area contributed by atoms with E-state index in [2.05, 4.69) is 15.3 Å². The number of hydrogen-bond donors (Lipinski definition) is 1. The maximum absolute atomic E-state index is 13.4. The van der Waals surface area contributed by atoms with Gasteiger partial charge in [-0.1, -0.05) is 42.0 Å². The summed E-state index contributed by atoms with van der Waals surface area (Å²) in [6.07, 6.45) is 1.69. The van der Waals surface area contributed by atoms with Crippen LogP contribution in [-0.4, -0.2) is 21.1 Å². The van der Waals surface area contributed by atoms with Gasteiger partial charge in [-0.25, -0.2) is 9.49 Å². The van der Waals surface area contributed by atoms with Crippen LogP contribution in [0.1, 0.15) is 11.1 Å². The van der Waals surface area contributed by atoms with Crippen LogP contribution in [0.4, 0.5) is 4.39 Å². The maximum Gasteiger partial charge on any atom is 0.216 e. The molecule has 1 N–H and O–H groups in total. The van der Waals surface area contributed by atoms with Crippen LogP contribution < -0.4 is 0 Å². The number of rotatable bonds is 3. The van der Waals surface area contributed by atoms with Crippen LogP contribution in [-0.2, 0) is 0 Å². The second-order valence-electron chi connectivity index (χ2n) is 4.83. The van der Waals surface area contributed by atoms with Gasteiger partial charge in [0.05, 0.1) is 6.21 Å². The largest absolute Gasteiger partial charge is 0.250 e. The highest BCUT2D eigenvalue weighted by molar-refractivity contribution is 7.71. The summed E-state index contributed by atoms with van der Waals surface area (Å²) in [6.45, 7) is 2.02. The zero-order chi connectivity index (χ0) is 15.5. The molecule has 0 spiro atoms. The zero-order valence-electron chi connectivity index (χ0n) is 11.8. The second kappa shape index (κ2) is 6.03. The lowest BCUT2D eigenvalue weighted by Crippen LogP contribution is -1.95. The molecule has 0 atom stereocenters. The Balaban J connectivity index is 1.99. The van der Waals surface area contributed by atoms with Crippen molar-refractivity contribution < 1.29 is 4.39 Å². The van der Waals surface area contributed by atoms with E-state index in [9.17, 15) is 4.39 Å². The van der Waals surface area contributed by atoms with Crippen LogP contribution in [0.3, 0.4) is 0 Å². The van der Waals surface area contributed by atoms with E-state index in [-0.39, 0.29) is 5.82 Å². The fraction of sp³-hybridized carbons (Fsp3) is 0.0625. The van der Waals surface area contributed by atoms with Crippen molar-refractivity contribution >= 4 is 18.4 Å². The Morgan fingerprint density at radius 1 is 1.23 bits per heavy atom. The molecule has 0 radical (unpaired) electrons. The van der Waals surface area contributed by atoms with Gasteiger partial charge in [-0.15, -0.1) is 0 Å². The van der Waals surface area contributed by atoms with E-state index in [0.717, 1.165) is 5.56 Å². The van der Waals surface area contributed by atoms with Crippen molar-refractivity contribution in [3.8, 4) is 11.4 Å². The number of aromatic nitrogens is 3. The molecule has 0 fully saturated rings. The third kappa shape index (κ3) is 3.01. The summed E-state index contributed by atoms with van der Waals surface area (Å²) >= 11 is 5.18. The lowest BCUT2D eigenvalue weighted by molar-refractivity contribution is 0.628. The SMILES string of the molecule is Cc1ccc(/C=N\n2c(-c3cccc(F)c3)n[nH]c2=S)cc1. The summed E-state index contributed by atoms with van der Waals surface area (Å²) in [5, 5.41) is 11.1. The highest BCUT2D eigenvalue weighted by atomic mass is 32.1. The lowest BCUT2D eigenvalue weighted by atomic mass is 10.2. The summed E-state index contributed by atoms with van der Waals surface area (Å²) in [4.78, 5) is 0. The topological polar surface area (TPSA) is 46.0 Å². The van der Waals surface area contributed by atoms with Gasteiger partial charge in [0.1, 0.15) is 5.82 Å². The monoisotopic (exact) mass is 312 g/mol. The van der Waals surface area contributed by atoms with Crippen LogP contribution in [0.5, 0.6) is 0 Å². The van der Waals surface area contributed by atoms with Crippen LogP contribution in [0.15, 0.2) is 53.6 Å². The van der Waals surface area contributed by atoms with E-state index in [1.54, 1.807) is 18.3 Å². The Hall–Kier alpha value is -2.60. The van der Waals surface area contributed by atoms with Gasteiger partial charge in [-0.05, 0) is 36.8 Å². The first-order chi connectivity index (χ1) is 10.6.